The Kier molecular flexibility index (Phi) is 5.40. The summed E-state index contributed by atoms with van der Waals surface area (Å²) in [5.74, 6) is 0.154. The highest BCUT2D eigenvalue weighted by atomic mass is 35.5. The Balaban J connectivity index is 1.92. The monoisotopic (exact) mass is 314 g/mol. The van der Waals surface area contributed by atoms with Crippen molar-refractivity contribution in [2.75, 3.05) is 0 Å². The van der Waals surface area contributed by atoms with Gasteiger partial charge in [-0.25, -0.2) is 0 Å². The lowest BCUT2D eigenvalue weighted by molar-refractivity contribution is -0.127. The van der Waals surface area contributed by atoms with Crippen molar-refractivity contribution in [3.05, 3.63) is 64.7 Å². The second-order valence-electron chi connectivity index (χ2n) is 4.71. The summed E-state index contributed by atoms with van der Waals surface area (Å²) in [4.78, 5) is 12.0. The number of nitrogens with zero attached hydrogens (tertiary/aromatic N) is 1. The molecular weight excluding hydrogens is 300 g/mol. The summed E-state index contributed by atoms with van der Waals surface area (Å²) in [7, 11) is 0. The number of para-hydroxylation sites is 1. The summed E-state index contributed by atoms with van der Waals surface area (Å²) in [6, 6.07) is 16.1. The van der Waals surface area contributed by atoms with Crippen LogP contribution in [-0.4, -0.2) is 12.0 Å². The van der Waals surface area contributed by atoms with E-state index in [2.05, 4.69) is 5.32 Å². The van der Waals surface area contributed by atoms with Gasteiger partial charge in [-0.05, 0) is 36.8 Å². The molecule has 2 rings (SSSR count). The Labute approximate surface area is 134 Å². The largest absolute Gasteiger partial charge is 0.480 e. The van der Waals surface area contributed by atoms with Crippen molar-refractivity contribution in [1.29, 1.82) is 5.26 Å². The average molecular weight is 315 g/mol. The summed E-state index contributed by atoms with van der Waals surface area (Å²) in [6.07, 6.45) is -0.693. The van der Waals surface area contributed by atoms with Crippen LogP contribution in [0.4, 0.5) is 0 Å². The minimum atomic E-state index is -0.693. The van der Waals surface area contributed by atoms with Crippen molar-refractivity contribution >= 4 is 17.5 Å². The fourth-order valence-electron chi connectivity index (χ4n) is 1.84. The number of carbonyl (C=O) groups is 1. The highest BCUT2D eigenvalue weighted by Crippen LogP contribution is 2.18. The highest BCUT2D eigenvalue weighted by molar-refractivity contribution is 6.30. The number of ether oxygens (including phenoxy) is 1. The molecular formula is C17H15ClN2O2. The molecule has 1 atom stereocenters. The third-order valence-corrected chi connectivity index (χ3v) is 3.31. The smallest absolute Gasteiger partial charge is 0.261 e. The molecule has 0 spiro atoms. The lowest BCUT2D eigenvalue weighted by atomic mass is 10.2. The van der Waals surface area contributed by atoms with E-state index in [1.54, 1.807) is 43.3 Å². The van der Waals surface area contributed by atoms with E-state index in [1.165, 1.54) is 0 Å². The zero-order valence-electron chi connectivity index (χ0n) is 12.0. The second-order valence-corrected chi connectivity index (χ2v) is 5.15. The molecule has 0 saturated heterocycles. The van der Waals surface area contributed by atoms with Gasteiger partial charge in [-0.3, -0.25) is 4.79 Å². The zero-order chi connectivity index (χ0) is 15.9. The molecule has 4 nitrogen and oxygen atoms in total. The van der Waals surface area contributed by atoms with E-state index in [1.807, 2.05) is 18.2 Å². The maximum atomic E-state index is 12.0. The van der Waals surface area contributed by atoms with Crippen molar-refractivity contribution in [1.82, 2.24) is 5.32 Å². The molecule has 0 aliphatic carbocycles. The molecule has 0 saturated carbocycles. The molecule has 0 aromatic heterocycles. The molecule has 5 heteroatoms. The van der Waals surface area contributed by atoms with Crippen LogP contribution >= 0.6 is 11.6 Å². The number of hydrogen-bond donors (Lipinski definition) is 1. The van der Waals surface area contributed by atoms with Gasteiger partial charge in [-0.15, -0.1) is 0 Å². The van der Waals surface area contributed by atoms with E-state index in [4.69, 9.17) is 21.6 Å². The zero-order valence-corrected chi connectivity index (χ0v) is 12.8. The van der Waals surface area contributed by atoms with Gasteiger partial charge in [0.2, 0.25) is 0 Å². The summed E-state index contributed by atoms with van der Waals surface area (Å²) >= 11 is 5.81. The van der Waals surface area contributed by atoms with Gasteiger partial charge in [-0.2, -0.15) is 5.26 Å². The van der Waals surface area contributed by atoms with Gasteiger partial charge in [0.25, 0.3) is 5.91 Å². The summed E-state index contributed by atoms with van der Waals surface area (Å²) in [6.45, 7) is 2.04. The number of halogens is 1. The minimum Gasteiger partial charge on any atom is -0.480 e. The average Bonchev–Trinajstić information content (AvgIpc) is 2.54. The SMILES string of the molecule is CC(Oc1ccccc1C#N)C(=O)NCc1ccc(Cl)cc1. The molecule has 0 fully saturated rings. The Morgan fingerprint density at radius 3 is 2.64 bits per heavy atom. The van der Waals surface area contributed by atoms with Crippen LogP contribution in [-0.2, 0) is 11.3 Å². The molecule has 112 valence electrons. The highest BCUT2D eigenvalue weighted by Gasteiger charge is 2.15. The summed E-state index contributed by atoms with van der Waals surface area (Å²) in [5, 5.41) is 12.4. The maximum Gasteiger partial charge on any atom is 0.261 e. The van der Waals surface area contributed by atoms with E-state index < -0.39 is 6.10 Å². The van der Waals surface area contributed by atoms with Crippen LogP contribution in [0, 0.1) is 11.3 Å². The first-order valence-electron chi connectivity index (χ1n) is 6.78. The van der Waals surface area contributed by atoms with E-state index in [-0.39, 0.29) is 5.91 Å². The van der Waals surface area contributed by atoms with Crippen molar-refractivity contribution in [2.24, 2.45) is 0 Å². The Morgan fingerprint density at radius 2 is 1.95 bits per heavy atom. The molecule has 2 aromatic rings. The predicted octanol–water partition coefficient (Wildman–Crippen LogP) is 3.30. The maximum absolute atomic E-state index is 12.0. The first-order valence-corrected chi connectivity index (χ1v) is 7.16. The predicted molar refractivity (Wildman–Crippen MR) is 84.5 cm³/mol. The van der Waals surface area contributed by atoms with Crippen LogP contribution in [0.1, 0.15) is 18.1 Å². The van der Waals surface area contributed by atoms with Gasteiger partial charge < -0.3 is 10.1 Å². The van der Waals surface area contributed by atoms with Crippen LogP contribution in [0.15, 0.2) is 48.5 Å². The lowest BCUT2D eigenvalue weighted by Gasteiger charge is -2.15. The van der Waals surface area contributed by atoms with Gasteiger partial charge in [0, 0.05) is 11.6 Å². The van der Waals surface area contributed by atoms with Crippen LogP contribution in [0.2, 0.25) is 5.02 Å². The van der Waals surface area contributed by atoms with E-state index in [9.17, 15) is 4.79 Å². The molecule has 0 bridgehead atoms. The summed E-state index contributed by atoms with van der Waals surface area (Å²) < 4.78 is 5.55. The second kappa shape index (κ2) is 7.48. The summed E-state index contributed by atoms with van der Waals surface area (Å²) in [5.41, 5.74) is 1.35. The van der Waals surface area contributed by atoms with Gasteiger partial charge in [0.15, 0.2) is 6.10 Å². The third-order valence-electron chi connectivity index (χ3n) is 3.06. The Morgan fingerprint density at radius 1 is 1.27 bits per heavy atom. The van der Waals surface area contributed by atoms with Crippen LogP contribution in [0.25, 0.3) is 0 Å². The molecule has 0 aliphatic rings. The number of nitriles is 1. The molecule has 1 amide bonds. The first-order chi connectivity index (χ1) is 10.6. The molecule has 1 N–H and O–H groups in total. The first kappa shape index (κ1) is 15.9. The van der Waals surface area contributed by atoms with Gasteiger partial charge >= 0.3 is 0 Å². The van der Waals surface area contributed by atoms with Crippen molar-refractivity contribution in [3.63, 3.8) is 0 Å². The number of benzene rings is 2. The topological polar surface area (TPSA) is 62.1 Å². The number of amides is 1. The van der Waals surface area contributed by atoms with Crippen molar-refractivity contribution in [3.8, 4) is 11.8 Å². The van der Waals surface area contributed by atoms with Crippen LogP contribution in [0.3, 0.4) is 0 Å². The van der Waals surface area contributed by atoms with Gasteiger partial charge in [0.1, 0.15) is 11.8 Å². The molecule has 2 aromatic carbocycles. The number of nitrogens with one attached hydrogen (secondary N) is 1. The third kappa shape index (κ3) is 4.24. The minimum absolute atomic E-state index is 0.248. The van der Waals surface area contributed by atoms with E-state index in [0.29, 0.717) is 22.9 Å². The molecule has 0 heterocycles. The van der Waals surface area contributed by atoms with Crippen molar-refractivity contribution in [2.45, 2.75) is 19.6 Å². The molecule has 1 unspecified atom stereocenters. The number of rotatable bonds is 5. The lowest BCUT2D eigenvalue weighted by Crippen LogP contribution is -2.36. The normalized spacial score (nSPS) is 11.3. The molecule has 0 radical (unpaired) electrons. The molecule has 22 heavy (non-hydrogen) atoms. The fourth-order valence-corrected chi connectivity index (χ4v) is 1.97. The quantitative estimate of drug-likeness (QED) is 0.921. The van der Waals surface area contributed by atoms with E-state index >= 15 is 0 Å². The number of hydrogen-bond acceptors (Lipinski definition) is 3. The fraction of sp³-hybridized carbons (Fsp3) is 0.176. The standard InChI is InChI=1S/C17H15ClN2O2/c1-12(22-16-5-3-2-4-14(16)10-19)17(21)20-11-13-6-8-15(18)9-7-13/h2-9,12H,11H2,1H3,(H,20,21). The van der Waals surface area contributed by atoms with Crippen LogP contribution in [0.5, 0.6) is 5.75 Å². The molecule has 0 aliphatic heterocycles. The Bertz CT molecular complexity index is 693. The Hall–Kier alpha value is -2.51. The van der Waals surface area contributed by atoms with Crippen molar-refractivity contribution < 1.29 is 9.53 Å². The van der Waals surface area contributed by atoms with E-state index in [0.717, 1.165) is 5.56 Å². The van der Waals surface area contributed by atoms with Crippen LogP contribution < -0.4 is 10.1 Å². The number of carbonyl (C=O) groups excluding carboxylic acids is 1. The van der Waals surface area contributed by atoms with Gasteiger partial charge in [0.05, 0.1) is 5.56 Å². The van der Waals surface area contributed by atoms with Gasteiger partial charge in [-0.1, -0.05) is 35.9 Å².